The number of hydrogen-bond acceptors (Lipinski definition) is 4. The lowest BCUT2D eigenvalue weighted by Gasteiger charge is -2.42. The topological polar surface area (TPSA) is 24.9 Å². The molecule has 0 saturated carbocycles. The van der Waals surface area contributed by atoms with E-state index in [0.29, 0.717) is 18.2 Å². The Morgan fingerprint density at radius 2 is 1.76 bits per heavy atom. The van der Waals surface area contributed by atoms with Gasteiger partial charge in [0.25, 0.3) is 0 Å². The van der Waals surface area contributed by atoms with Gasteiger partial charge in [0.2, 0.25) is 0 Å². The SMILES string of the molecule is CC(CC1CN(C(C)CC2CCCN(C(C)C)C2)CCO1)C1COC1. The Labute approximate surface area is 155 Å². The Kier molecular flexibility index (Phi) is 7.18. The average molecular weight is 353 g/mol. The number of rotatable bonds is 7. The first-order valence-electron chi connectivity index (χ1n) is 10.7. The molecular weight excluding hydrogens is 312 g/mol. The first-order chi connectivity index (χ1) is 12.0. The zero-order valence-corrected chi connectivity index (χ0v) is 17.0. The number of hydrogen-bond donors (Lipinski definition) is 0. The van der Waals surface area contributed by atoms with Crippen LogP contribution in [0.1, 0.15) is 53.4 Å². The quantitative estimate of drug-likeness (QED) is 0.702. The molecule has 0 radical (unpaired) electrons. The Morgan fingerprint density at radius 3 is 2.44 bits per heavy atom. The van der Waals surface area contributed by atoms with Crippen LogP contribution >= 0.6 is 0 Å². The first kappa shape index (κ1) is 19.6. The molecule has 3 saturated heterocycles. The molecule has 3 aliphatic heterocycles. The van der Waals surface area contributed by atoms with Crippen LogP contribution in [0.3, 0.4) is 0 Å². The normalized spacial score (nSPS) is 32.5. The second-order valence-electron chi connectivity index (χ2n) is 9.18. The standard InChI is InChI=1S/C21H40N2O2/c1-16(2)22-7-5-6-19(12-22)11-18(4)23-8-9-25-21(13-23)10-17(3)20-14-24-15-20/h16-21H,5-15H2,1-4H3. The summed E-state index contributed by atoms with van der Waals surface area (Å²) in [7, 11) is 0. The van der Waals surface area contributed by atoms with Gasteiger partial charge in [0.15, 0.2) is 0 Å². The summed E-state index contributed by atoms with van der Waals surface area (Å²) in [6.45, 7) is 17.2. The number of piperidine rings is 1. The molecule has 3 rings (SSSR count). The summed E-state index contributed by atoms with van der Waals surface area (Å²) in [6.07, 6.45) is 5.76. The van der Waals surface area contributed by atoms with E-state index in [9.17, 15) is 0 Å². The van der Waals surface area contributed by atoms with Crippen molar-refractivity contribution in [2.75, 3.05) is 46.0 Å². The van der Waals surface area contributed by atoms with Crippen molar-refractivity contribution in [3.8, 4) is 0 Å². The highest BCUT2D eigenvalue weighted by molar-refractivity contribution is 4.83. The molecule has 146 valence electrons. The molecule has 4 unspecified atom stereocenters. The van der Waals surface area contributed by atoms with Gasteiger partial charge in [0, 0.05) is 37.6 Å². The summed E-state index contributed by atoms with van der Waals surface area (Å²) in [5, 5.41) is 0. The minimum absolute atomic E-state index is 0.422. The Hall–Kier alpha value is -0.160. The molecule has 0 aromatic rings. The van der Waals surface area contributed by atoms with Crippen molar-refractivity contribution in [1.82, 2.24) is 9.80 Å². The Bertz CT molecular complexity index is 399. The average Bonchev–Trinajstić information content (AvgIpc) is 2.53. The molecule has 25 heavy (non-hydrogen) atoms. The smallest absolute Gasteiger partial charge is 0.0705 e. The van der Waals surface area contributed by atoms with Crippen LogP contribution in [0.4, 0.5) is 0 Å². The third-order valence-electron chi connectivity index (χ3n) is 6.85. The molecule has 0 amide bonds. The maximum absolute atomic E-state index is 6.10. The van der Waals surface area contributed by atoms with Crippen LogP contribution in [-0.2, 0) is 9.47 Å². The van der Waals surface area contributed by atoms with E-state index in [1.165, 1.54) is 38.8 Å². The van der Waals surface area contributed by atoms with E-state index in [1.54, 1.807) is 0 Å². The van der Waals surface area contributed by atoms with Gasteiger partial charge in [-0.2, -0.15) is 0 Å². The lowest BCUT2D eigenvalue weighted by molar-refractivity contribution is -0.0883. The summed E-state index contributed by atoms with van der Waals surface area (Å²) in [5.74, 6) is 2.37. The molecule has 0 aliphatic carbocycles. The van der Waals surface area contributed by atoms with Crippen LogP contribution in [-0.4, -0.2) is 74.0 Å². The van der Waals surface area contributed by atoms with E-state index in [2.05, 4.69) is 37.5 Å². The van der Waals surface area contributed by atoms with E-state index < -0.39 is 0 Å². The molecule has 3 fully saturated rings. The molecule has 0 aromatic heterocycles. The molecular formula is C21H40N2O2. The van der Waals surface area contributed by atoms with E-state index in [0.717, 1.165) is 50.7 Å². The molecule has 0 aromatic carbocycles. The fourth-order valence-corrected chi connectivity index (χ4v) is 4.86. The Balaban J connectivity index is 1.44. The van der Waals surface area contributed by atoms with Crippen molar-refractivity contribution in [2.24, 2.45) is 17.8 Å². The maximum Gasteiger partial charge on any atom is 0.0705 e. The summed E-state index contributed by atoms with van der Waals surface area (Å²) < 4.78 is 11.5. The van der Waals surface area contributed by atoms with Gasteiger partial charge >= 0.3 is 0 Å². The van der Waals surface area contributed by atoms with Crippen molar-refractivity contribution in [1.29, 1.82) is 0 Å². The molecule has 0 bridgehead atoms. The van der Waals surface area contributed by atoms with Crippen LogP contribution in [0.25, 0.3) is 0 Å². The third kappa shape index (κ3) is 5.41. The van der Waals surface area contributed by atoms with Crippen LogP contribution in [0.15, 0.2) is 0 Å². The predicted molar refractivity (Wildman–Crippen MR) is 103 cm³/mol. The van der Waals surface area contributed by atoms with Gasteiger partial charge in [-0.25, -0.2) is 0 Å². The molecule has 4 nitrogen and oxygen atoms in total. The van der Waals surface area contributed by atoms with Crippen molar-refractivity contribution < 1.29 is 9.47 Å². The van der Waals surface area contributed by atoms with Crippen LogP contribution in [0, 0.1) is 17.8 Å². The second-order valence-corrected chi connectivity index (χ2v) is 9.18. The van der Waals surface area contributed by atoms with Crippen LogP contribution < -0.4 is 0 Å². The maximum atomic E-state index is 6.10. The van der Waals surface area contributed by atoms with Crippen molar-refractivity contribution in [3.63, 3.8) is 0 Å². The fraction of sp³-hybridized carbons (Fsp3) is 1.00. The molecule has 3 aliphatic rings. The van der Waals surface area contributed by atoms with Crippen molar-refractivity contribution in [2.45, 2.75) is 71.6 Å². The van der Waals surface area contributed by atoms with Crippen molar-refractivity contribution in [3.05, 3.63) is 0 Å². The van der Waals surface area contributed by atoms with Crippen molar-refractivity contribution >= 4 is 0 Å². The molecule has 3 heterocycles. The zero-order valence-electron chi connectivity index (χ0n) is 17.0. The zero-order chi connectivity index (χ0) is 17.8. The third-order valence-corrected chi connectivity index (χ3v) is 6.85. The van der Waals surface area contributed by atoms with Crippen LogP contribution in [0.2, 0.25) is 0 Å². The number of ether oxygens (including phenoxy) is 2. The van der Waals surface area contributed by atoms with Gasteiger partial charge in [-0.05, 0) is 64.8 Å². The largest absolute Gasteiger partial charge is 0.381 e. The highest BCUT2D eigenvalue weighted by Gasteiger charge is 2.32. The molecule has 4 atom stereocenters. The van der Waals surface area contributed by atoms with E-state index in [4.69, 9.17) is 9.47 Å². The van der Waals surface area contributed by atoms with E-state index in [-0.39, 0.29) is 0 Å². The highest BCUT2D eigenvalue weighted by atomic mass is 16.5. The second kappa shape index (κ2) is 9.16. The van der Waals surface area contributed by atoms with Gasteiger partial charge in [-0.3, -0.25) is 4.90 Å². The summed E-state index contributed by atoms with van der Waals surface area (Å²) >= 11 is 0. The van der Waals surface area contributed by atoms with Crippen LogP contribution in [0.5, 0.6) is 0 Å². The monoisotopic (exact) mass is 352 g/mol. The number of morpholine rings is 1. The molecule has 4 heteroatoms. The van der Waals surface area contributed by atoms with Gasteiger partial charge in [0.1, 0.15) is 0 Å². The lowest BCUT2D eigenvalue weighted by Crippen LogP contribution is -2.49. The van der Waals surface area contributed by atoms with Gasteiger partial charge in [-0.1, -0.05) is 6.92 Å². The van der Waals surface area contributed by atoms with Gasteiger partial charge in [0.05, 0.1) is 25.9 Å². The summed E-state index contributed by atoms with van der Waals surface area (Å²) in [4.78, 5) is 5.37. The first-order valence-corrected chi connectivity index (χ1v) is 10.7. The fourth-order valence-electron chi connectivity index (χ4n) is 4.86. The summed E-state index contributed by atoms with van der Waals surface area (Å²) in [6, 6.07) is 1.38. The molecule has 0 N–H and O–H groups in total. The van der Waals surface area contributed by atoms with E-state index >= 15 is 0 Å². The lowest BCUT2D eigenvalue weighted by atomic mass is 9.87. The summed E-state index contributed by atoms with van der Waals surface area (Å²) in [5.41, 5.74) is 0. The minimum Gasteiger partial charge on any atom is -0.381 e. The van der Waals surface area contributed by atoms with E-state index in [1.807, 2.05) is 0 Å². The Morgan fingerprint density at radius 1 is 0.960 bits per heavy atom. The van der Waals surface area contributed by atoms with Gasteiger partial charge < -0.3 is 14.4 Å². The molecule has 0 spiro atoms. The highest BCUT2D eigenvalue weighted by Crippen LogP contribution is 2.28. The minimum atomic E-state index is 0.422. The predicted octanol–water partition coefficient (Wildman–Crippen LogP) is 3.26. The number of likely N-dealkylation sites (tertiary alicyclic amines) is 1. The van der Waals surface area contributed by atoms with Gasteiger partial charge in [-0.15, -0.1) is 0 Å². The number of nitrogens with zero attached hydrogens (tertiary/aromatic N) is 2.